The molecule has 0 radical (unpaired) electrons. The van der Waals surface area contributed by atoms with Gasteiger partial charge < -0.3 is 15.4 Å². The van der Waals surface area contributed by atoms with Gasteiger partial charge in [0.2, 0.25) is 5.91 Å². The maximum atomic E-state index is 11.3. The molecule has 2 N–H and O–H groups in total. The second kappa shape index (κ2) is 3.64. The molecule has 1 aliphatic heterocycles. The third kappa shape index (κ3) is 2.19. The molecule has 13 heavy (non-hydrogen) atoms. The SMILES string of the molecule is NC(CN1CCOCC1=O)C1CC1. The molecule has 1 saturated carbocycles. The van der Waals surface area contributed by atoms with E-state index in [1.54, 1.807) is 0 Å². The Morgan fingerprint density at radius 1 is 1.62 bits per heavy atom. The Kier molecular flexibility index (Phi) is 2.51. The number of nitrogens with zero attached hydrogens (tertiary/aromatic N) is 1. The molecule has 1 atom stereocenters. The number of ether oxygens (including phenoxy) is 1. The van der Waals surface area contributed by atoms with Crippen molar-refractivity contribution in [3.63, 3.8) is 0 Å². The van der Waals surface area contributed by atoms with Gasteiger partial charge in [0.05, 0.1) is 6.61 Å². The summed E-state index contributed by atoms with van der Waals surface area (Å²) in [7, 11) is 0. The molecule has 1 saturated heterocycles. The van der Waals surface area contributed by atoms with E-state index in [-0.39, 0.29) is 18.6 Å². The molecule has 1 amide bonds. The minimum Gasteiger partial charge on any atom is -0.370 e. The van der Waals surface area contributed by atoms with E-state index in [0.29, 0.717) is 25.6 Å². The minimum atomic E-state index is 0.0855. The predicted molar refractivity (Wildman–Crippen MR) is 48.1 cm³/mol. The maximum Gasteiger partial charge on any atom is 0.248 e. The van der Waals surface area contributed by atoms with Crippen LogP contribution in [0.4, 0.5) is 0 Å². The van der Waals surface area contributed by atoms with E-state index in [1.807, 2.05) is 4.90 Å². The molecule has 2 fully saturated rings. The van der Waals surface area contributed by atoms with Gasteiger partial charge in [-0.25, -0.2) is 0 Å². The fraction of sp³-hybridized carbons (Fsp3) is 0.889. The van der Waals surface area contributed by atoms with Crippen LogP contribution < -0.4 is 5.73 Å². The van der Waals surface area contributed by atoms with Gasteiger partial charge in [0, 0.05) is 19.1 Å². The lowest BCUT2D eigenvalue weighted by Crippen LogP contribution is -2.47. The number of rotatable bonds is 3. The molecule has 0 aromatic rings. The zero-order chi connectivity index (χ0) is 9.26. The minimum absolute atomic E-state index is 0.0855. The average Bonchev–Trinajstić information content (AvgIpc) is 2.91. The van der Waals surface area contributed by atoms with E-state index >= 15 is 0 Å². The lowest BCUT2D eigenvalue weighted by molar-refractivity contribution is -0.142. The number of hydrogen-bond donors (Lipinski definition) is 1. The smallest absolute Gasteiger partial charge is 0.248 e. The first-order valence-corrected chi connectivity index (χ1v) is 4.88. The number of carbonyl (C=O) groups excluding carboxylic acids is 1. The van der Waals surface area contributed by atoms with Crippen molar-refractivity contribution < 1.29 is 9.53 Å². The van der Waals surface area contributed by atoms with E-state index in [9.17, 15) is 4.79 Å². The average molecular weight is 184 g/mol. The van der Waals surface area contributed by atoms with Crippen LogP contribution in [0.25, 0.3) is 0 Å². The van der Waals surface area contributed by atoms with Crippen LogP contribution in [0.2, 0.25) is 0 Å². The summed E-state index contributed by atoms with van der Waals surface area (Å²) < 4.78 is 5.04. The molecule has 2 aliphatic rings. The number of hydrogen-bond acceptors (Lipinski definition) is 3. The van der Waals surface area contributed by atoms with Crippen LogP contribution in [-0.4, -0.2) is 43.2 Å². The molecule has 0 aromatic heterocycles. The Hall–Kier alpha value is -0.610. The van der Waals surface area contributed by atoms with E-state index < -0.39 is 0 Å². The van der Waals surface area contributed by atoms with Crippen molar-refractivity contribution in [1.82, 2.24) is 4.90 Å². The highest BCUT2D eigenvalue weighted by Crippen LogP contribution is 2.31. The van der Waals surface area contributed by atoms with Gasteiger partial charge in [0.15, 0.2) is 0 Å². The Bertz CT molecular complexity index is 204. The summed E-state index contributed by atoms with van der Waals surface area (Å²) in [6.07, 6.45) is 2.47. The number of carbonyl (C=O) groups is 1. The van der Waals surface area contributed by atoms with Crippen LogP contribution in [0.5, 0.6) is 0 Å². The molecule has 1 heterocycles. The summed E-state index contributed by atoms with van der Waals surface area (Å²) in [5.41, 5.74) is 5.94. The monoisotopic (exact) mass is 184 g/mol. The Balaban J connectivity index is 1.81. The molecule has 2 rings (SSSR count). The normalized spacial score (nSPS) is 26.2. The molecule has 0 aromatic carbocycles. The first-order valence-electron chi connectivity index (χ1n) is 4.88. The van der Waals surface area contributed by atoms with Gasteiger partial charge in [-0.15, -0.1) is 0 Å². The van der Waals surface area contributed by atoms with Crippen molar-refractivity contribution in [2.24, 2.45) is 11.7 Å². The lowest BCUT2D eigenvalue weighted by atomic mass is 10.2. The predicted octanol–water partition coefficient (Wildman–Crippen LogP) is -0.418. The quantitative estimate of drug-likeness (QED) is 0.648. The fourth-order valence-corrected chi connectivity index (χ4v) is 1.67. The molecule has 1 unspecified atom stereocenters. The highest BCUT2D eigenvalue weighted by molar-refractivity contribution is 5.78. The fourth-order valence-electron chi connectivity index (χ4n) is 1.67. The van der Waals surface area contributed by atoms with Gasteiger partial charge in [0.1, 0.15) is 6.61 Å². The van der Waals surface area contributed by atoms with Gasteiger partial charge in [-0.3, -0.25) is 4.79 Å². The summed E-state index contributed by atoms with van der Waals surface area (Å²) in [6.45, 7) is 2.31. The van der Waals surface area contributed by atoms with Crippen LogP contribution in [0.3, 0.4) is 0 Å². The Labute approximate surface area is 78.0 Å². The van der Waals surface area contributed by atoms with Gasteiger partial charge in [-0.1, -0.05) is 0 Å². The van der Waals surface area contributed by atoms with Crippen LogP contribution >= 0.6 is 0 Å². The van der Waals surface area contributed by atoms with E-state index in [0.717, 1.165) is 0 Å². The topological polar surface area (TPSA) is 55.6 Å². The molecular formula is C9H16N2O2. The standard InChI is InChI=1S/C9H16N2O2/c10-8(7-1-2-7)5-11-3-4-13-6-9(11)12/h7-8H,1-6,10H2. The zero-order valence-corrected chi connectivity index (χ0v) is 7.74. The molecule has 0 spiro atoms. The van der Waals surface area contributed by atoms with Gasteiger partial charge in [0.25, 0.3) is 0 Å². The van der Waals surface area contributed by atoms with Crippen molar-refractivity contribution in [3.05, 3.63) is 0 Å². The van der Waals surface area contributed by atoms with Crippen LogP contribution in [0.15, 0.2) is 0 Å². The second-order valence-electron chi connectivity index (χ2n) is 3.89. The molecular weight excluding hydrogens is 168 g/mol. The van der Waals surface area contributed by atoms with Crippen molar-refractivity contribution in [1.29, 1.82) is 0 Å². The molecule has 74 valence electrons. The zero-order valence-electron chi connectivity index (χ0n) is 7.74. The van der Waals surface area contributed by atoms with Crippen LogP contribution in [0.1, 0.15) is 12.8 Å². The first-order chi connectivity index (χ1) is 6.27. The molecule has 1 aliphatic carbocycles. The molecule has 0 bridgehead atoms. The van der Waals surface area contributed by atoms with Gasteiger partial charge in [-0.05, 0) is 18.8 Å². The van der Waals surface area contributed by atoms with Gasteiger partial charge in [-0.2, -0.15) is 0 Å². The molecule has 4 heteroatoms. The van der Waals surface area contributed by atoms with Crippen molar-refractivity contribution in [2.45, 2.75) is 18.9 Å². The van der Waals surface area contributed by atoms with Crippen LogP contribution in [-0.2, 0) is 9.53 Å². The second-order valence-corrected chi connectivity index (χ2v) is 3.89. The first kappa shape index (κ1) is 8.97. The Morgan fingerprint density at radius 2 is 2.38 bits per heavy atom. The lowest BCUT2D eigenvalue weighted by Gasteiger charge is -2.29. The summed E-state index contributed by atoms with van der Waals surface area (Å²) in [5, 5.41) is 0. The van der Waals surface area contributed by atoms with Gasteiger partial charge >= 0.3 is 0 Å². The van der Waals surface area contributed by atoms with E-state index in [1.165, 1.54) is 12.8 Å². The van der Waals surface area contributed by atoms with Crippen molar-refractivity contribution in [2.75, 3.05) is 26.3 Å². The van der Waals surface area contributed by atoms with Crippen molar-refractivity contribution in [3.8, 4) is 0 Å². The maximum absolute atomic E-state index is 11.3. The summed E-state index contributed by atoms with van der Waals surface area (Å²) in [4.78, 5) is 13.1. The van der Waals surface area contributed by atoms with E-state index in [2.05, 4.69) is 0 Å². The van der Waals surface area contributed by atoms with Crippen LogP contribution in [0, 0.1) is 5.92 Å². The summed E-state index contributed by atoms with van der Waals surface area (Å²) in [6, 6.07) is 0.182. The third-order valence-electron chi connectivity index (χ3n) is 2.74. The largest absolute Gasteiger partial charge is 0.370 e. The van der Waals surface area contributed by atoms with Crippen molar-refractivity contribution >= 4 is 5.91 Å². The third-order valence-corrected chi connectivity index (χ3v) is 2.74. The molecule has 4 nitrogen and oxygen atoms in total. The number of morpholine rings is 1. The van der Waals surface area contributed by atoms with E-state index in [4.69, 9.17) is 10.5 Å². The summed E-state index contributed by atoms with van der Waals surface area (Å²) >= 11 is 0. The summed E-state index contributed by atoms with van der Waals surface area (Å²) in [5.74, 6) is 0.748. The number of nitrogens with two attached hydrogens (primary N) is 1. The highest BCUT2D eigenvalue weighted by atomic mass is 16.5. The number of amides is 1. The Morgan fingerprint density at radius 3 is 3.00 bits per heavy atom. The highest BCUT2D eigenvalue weighted by Gasteiger charge is 2.31.